The van der Waals surface area contributed by atoms with E-state index in [1.807, 2.05) is 0 Å². The summed E-state index contributed by atoms with van der Waals surface area (Å²) in [5, 5.41) is 24.3. The second-order valence-corrected chi connectivity index (χ2v) is 14.3. The predicted octanol–water partition coefficient (Wildman–Crippen LogP) is 1.99. The first-order valence-electron chi connectivity index (χ1n) is 13.1. The highest BCUT2D eigenvalue weighted by molar-refractivity contribution is 7.94. The lowest BCUT2D eigenvalue weighted by Gasteiger charge is -2.14. The third-order valence-electron chi connectivity index (χ3n) is 6.08. The lowest BCUT2D eigenvalue weighted by molar-refractivity contribution is 0.159. The molecule has 0 aliphatic heterocycles. The molecule has 5 N–H and O–H groups in total. The highest BCUT2D eigenvalue weighted by atomic mass is 32.2. The van der Waals surface area contributed by atoms with E-state index in [0.29, 0.717) is 0 Å². The number of benzene rings is 1. The number of halogens is 1. The first-order chi connectivity index (χ1) is 21.8. The van der Waals surface area contributed by atoms with E-state index in [1.54, 1.807) is 0 Å². The number of hydrogen-bond donors (Lipinski definition) is 5. The van der Waals surface area contributed by atoms with E-state index in [9.17, 15) is 48.7 Å². The molecule has 0 spiro atoms. The Morgan fingerprint density at radius 1 is 1.06 bits per heavy atom. The molecule has 1 aromatic carbocycles. The molecule has 0 aliphatic rings. The first kappa shape index (κ1) is 37.0. The maximum atomic E-state index is 14.1. The van der Waals surface area contributed by atoms with Gasteiger partial charge in [-0.15, -0.1) is 10.2 Å². The van der Waals surface area contributed by atoms with Crippen LogP contribution in [0.25, 0.3) is 0 Å². The summed E-state index contributed by atoms with van der Waals surface area (Å²) in [5.74, 6) is -2.73. The average molecular weight is 721 g/mol. The number of anilines is 3. The number of ether oxygens (including phenoxy) is 1. The minimum absolute atomic E-state index is 0.00111. The lowest BCUT2D eigenvalue weighted by Crippen LogP contribution is -2.26. The third kappa shape index (κ3) is 10.3. The Bertz CT molecular complexity index is 2090. The van der Waals surface area contributed by atoms with Gasteiger partial charge in [0.15, 0.2) is 9.84 Å². The van der Waals surface area contributed by atoms with Gasteiger partial charge in [-0.2, -0.15) is 36.2 Å². The van der Waals surface area contributed by atoms with Crippen LogP contribution in [0.2, 0.25) is 0 Å². The Hall–Kier alpha value is -4.42. The molecule has 47 heavy (non-hydrogen) atoms. The number of rotatable bonds is 16. The molecule has 3 aromatic rings. The zero-order chi connectivity index (χ0) is 35.2. The summed E-state index contributed by atoms with van der Waals surface area (Å²) in [6, 6.07) is 3.09. The van der Waals surface area contributed by atoms with Gasteiger partial charge >= 0.3 is 6.08 Å². The molecule has 0 radical (unpaired) electrons. The number of aromatic hydroxyl groups is 1. The topological polar surface area (TPSA) is 282 Å². The van der Waals surface area contributed by atoms with E-state index < -0.39 is 75.2 Å². The van der Waals surface area contributed by atoms with Crippen molar-refractivity contribution in [2.75, 3.05) is 36.1 Å². The van der Waals surface area contributed by atoms with Crippen LogP contribution in [-0.2, 0) is 47.1 Å². The zero-order valence-electron chi connectivity index (χ0n) is 24.7. The lowest BCUT2D eigenvalue weighted by atomic mass is 10.1. The van der Waals surface area contributed by atoms with Gasteiger partial charge in [-0.1, -0.05) is 6.58 Å². The highest BCUT2D eigenvalue weighted by Crippen LogP contribution is 2.35. The molecule has 0 atom stereocenters. The number of nitrogens with one attached hydrogen (secondary N) is 2. The van der Waals surface area contributed by atoms with Crippen LogP contribution in [0.4, 0.5) is 33.3 Å². The predicted molar refractivity (Wildman–Crippen MR) is 165 cm³/mol. The number of sulfone groups is 1. The number of aromatic nitrogens is 4. The van der Waals surface area contributed by atoms with Gasteiger partial charge in [0.1, 0.15) is 22.0 Å². The fraction of sp³-hybridized carbons (Fsp3) is 0.333. The van der Waals surface area contributed by atoms with Gasteiger partial charge in [-0.25, -0.2) is 8.42 Å². The number of azo groups is 1. The minimum atomic E-state index is -4.91. The monoisotopic (exact) mass is 720 g/mol. The molecule has 23 heteroatoms. The number of nitrogens with zero attached hydrogens (tertiary/aromatic N) is 6. The molecular weight excluding hydrogens is 692 g/mol. The van der Waals surface area contributed by atoms with Gasteiger partial charge in [-0.3, -0.25) is 18.5 Å². The quantitative estimate of drug-likeness (QED) is 0.0803. The van der Waals surface area contributed by atoms with E-state index >= 15 is 0 Å². The molecule has 0 saturated carbocycles. The van der Waals surface area contributed by atoms with Crippen molar-refractivity contribution in [1.29, 1.82) is 0 Å². The van der Waals surface area contributed by atoms with Crippen LogP contribution in [0, 0.1) is 13.0 Å². The SMILES string of the molecule is C=CS(=O)(=O)CCOCCNc1nc(F)nc(Nc2ccc(S(=O)(=O)O)c(/N=N/c3c(C)c(CS(=O)(=O)O)c(=O)n(CC)c3O)c2)n1. The van der Waals surface area contributed by atoms with E-state index in [-0.39, 0.29) is 55.2 Å². The normalized spacial score (nSPS) is 12.4. The van der Waals surface area contributed by atoms with E-state index in [0.717, 1.165) is 28.2 Å². The van der Waals surface area contributed by atoms with Crippen LogP contribution in [0.15, 0.2) is 50.1 Å². The Kier molecular flexibility index (Phi) is 11.8. The average Bonchev–Trinajstić information content (AvgIpc) is 2.96. The van der Waals surface area contributed by atoms with Gasteiger partial charge in [0, 0.05) is 29.7 Å². The molecular formula is C24H29FN8O11S3. The fourth-order valence-electron chi connectivity index (χ4n) is 3.83. The van der Waals surface area contributed by atoms with Crippen LogP contribution >= 0.6 is 0 Å². The van der Waals surface area contributed by atoms with Crippen LogP contribution in [0.1, 0.15) is 18.1 Å². The second-order valence-electron chi connectivity index (χ2n) is 9.36. The molecule has 3 rings (SSSR count). The van der Waals surface area contributed by atoms with Crippen molar-refractivity contribution in [3.8, 4) is 5.88 Å². The van der Waals surface area contributed by atoms with Gasteiger partial charge in [0.25, 0.3) is 25.8 Å². The molecule has 0 saturated heterocycles. The van der Waals surface area contributed by atoms with Crippen LogP contribution in [0.5, 0.6) is 5.88 Å². The van der Waals surface area contributed by atoms with E-state index in [4.69, 9.17) is 4.74 Å². The summed E-state index contributed by atoms with van der Waals surface area (Å²) in [4.78, 5) is 22.9. The molecule has 2 aromatic heterocycles. The fourth-order valence-corrected chi connectivity index (χ4v) is 5.65. The largest absolute Gasteiger partial charge is 0.493 e. The summed E-state index contributed by atoms with van der Waals surface area (Å²) in [7, 11) is -13.0. The maximum absolute atomic E-state index is 14.1. The van der Waals surface area contributed by atoms with Gasteiger partial charge in [0.2, 0.25) is 17.8 Å². The Balaban J connectivity index is 1.91. The summed E-state index contributed by atoms with van der Waals surface area (Å²) < 4.78 is 109. The molecule has 19 nitrogen and oxygen atoms in total. The highest BCUT2D eigenvalue weighted by Gasteiger charge is 2.23. The van der Waals surface area contributed by atoms with Gasteiger partial charge < -0.3 is 20.5 Å². The van der Waals surface area contributed by atoms with Crippen molar-refractivity contribution in [1.82, 2.24) is 19.5 Å². The van der Waals surface area contributed by atoms with Crippen molar-refractivity contribution in [2.45, 2.75) is 31.0 Å². The molecule has 2 heterocycles. The first-order valence-corrected chi connectivity index (χ1v) is 17.9. The summed E-state index contributed by atoms with van der Waals surface area (Å²) in [5.41, 5.74) is -2.50. The maximum Gasteiger partial charge on any atom is 0.315 e. The van der Waals surface area contributed by atoms with Crippen LogP contribution in [-0.4, -0.2) is 84.5 Å². The number of pyridine rings is 1. The van der Waals surface area contributed by atoms with Crippen LogP contribution < -0.4 is 16.2 Å². The van der Waals surface area contributed by atoms with E-state index in [1.165, 1.54) is 13.8 Å². The van der Waals surface area contributed by atoms with Crippen molar-refractivity contribution in [2.24, 2.45) is 10.2 Å². The Morgan fingerprint density at radius 2 is 1.74 bits per heavy atom. The molecule has 0 fully saturated rings. The standard InChI is InChI=1S/C24H29FN8O11S3/c1-4-33-20(34)16(13-46(38,39)40)14(3)19(21(33)35)32-31-17-12-15(6-7-18(17)47(41,42)43)27-24-29-22(25)28-23(30-24)26-8-9-44-10-11-45(36,37)5-2/h5-7,12,35H,2,4,8-11,13H2,1,3H3,(H,38,39,40)(H,41,42,43)(H2,26,27,28,29,30)/b32-31+. The van der Waals surface area contributed by atoms with Crippen molar-refractivity contribution < 1.29 is 48.6 Å². The summed E-state index contributed by atoms with van der Waals surface area (Å²) in [6.07, 6.45) is -1.21. The van der Waals surface area contributed by atoms with Crippen molar-refractivity contribution in [3.63, 3.8) is 0 Å². The number of hydrogen-bond acceptors (Lipinski definition) is 16. The Morgan fingerprint density at radius 3 is 2.36 bits per heavy atom. The summed E-state index contributed by atoms with van der Waals surface area (Å²) >= 11 is 0. The molecule has 256 valence electrons. The minimum Gasteiger partial charge on any atom is -0.493 e. The zero-order valence-corrected chi connectivity index (χ0v) is 27.1. The van der Waals surface area contributed by atoms with Gasteiger partial charge in [-0.05, 0) is 37.6 Å². The van der Waals surface area contributed by atoms with Crippen molar-refractivity contribution in [3.05, 3.63) is 57.7 Å². The molecule has 0 amide bonds. The van der Waals surface area contributed by atoms with Crippen molar-refractivity contribution >= 4 is 59.0 Å². The second kappa shape index (κ2) is 15.0. The summed E-state index contributed by atoms with van der Waals surface area (Å²) in [6.45, 7) is 5.67. The Labute approximate surface area is 267 Å². The van der Waals surface area contributed by atoms with Crippen LogP contribution in [0.3, 0.4) is 0 Å². The smallest absolute Gasteiger partial charge is 0.315 e. The molecule has 0 aliphatic carbocycles. The third-order valence-corrected chi connectivity index (χ3v) is 8.87. The van der Waals surface area contributed by atoms with Gasteiger partial charge in [0.05, 0.1) is 19.0 Å². The van der Waals surface area contributed by atoms with E-state index in [2.05, 4.69) is 42.4 Å². The molecule has 0 unspecified atom stereocenters. The molecule has 0 bridgehead atoms.